The van der Waals surface area contributed by atoms with Crippen molar-refractivity contribution in [2.45, 2.75) is 49.9 Å². The fourth-order valence-electron chi connectivity index (χ4n) is 4.48. The second kappa shape index (κ2) is 9.89. The number of aryl methyl sites for hydroxylation is 1. The highest BCUT2D eigenvalue weighted by Crippen LogP contribution is 2.47. The van der Waals surface area contributed by atoms with E-state index in [-0.39, 0.29) is 18.4 Å². The highest BCUT2D eigenvalue weighted by molar-refractivity contribution is 9.10. The van der Waals surface area contributed by atoms with E-state index >= 15 is 0 Å². The van der Waals surface area contributed by atoms with Gasteiger partial charge in [-0.3, -0.25) is 0 Å². The number of phenols is 1. The van der Waals surface area contributed by atoms with Gasteiger partial charge in [-0.1, -0.05) is 0 Å². The van der Waals surface area contributed by atoms with Crippen molar-refractivity contribution >= 4 is 44.6 Å². The van der Waals surface area contributed by atoms with Crippen molar-refractivity contribution in [1.82, 2.24) is 14.1 Å². The minimum Gasteiger partial charge on any atom is -0.506 e. The minimum atomic E-state index is -0.916. The van der Waals surface area contributed by atoms with Gasteiger partial charge < -0.3 is 19.0 Å². The van der Waals surface area contributed by atoms with Crippen molar-refractivity contribution in [1.29, 1.82) is 0 Å². The normalized spacial score (nSPS) is 13.5. The zero-order valence-corrected chi connectivity index (χ0v) is 22.1. The highest BCUT2D eigenvalue weighted by Gasteiger charge is 2.34. The molecule has 0 radical (unpaired) electrons. The zero-order chi connectivity index (χ0) is 25.6. The molecule has 0 unspecified atom stereocenters. The summed E-state index contributed by atoms with van der Waals surface area (Å²) in [6, 6.07) is 5.81. The van der Waals surface area contributed by atoms with Crippen molar-refractivity contribution in [2.24, 2.45) is 0 Å². The molecule has 2 aromatic carbocycles. The van der Waals surface area contributed by atoms with Gasteiger partial charge >= 0.3 is 5.97 Å². The number of ether oxygens (including phenoxy) is 1. The molecule has 0 atom stereocenters. The third kappa shape index (κ3) is 4.52. The summed E-state index contributed by atoms with van der Waals surface area (Å²) in [5.41, 5.74) is 2.53. The Kier molecular flexibility index (Phi) is 6.82. The van der Waals surface area contributed by atoms with E-state index in [1.54, 1.807) is 13.1 Å². The first-order chi connectivity index (χ1) is 17.3. The summed E-state index contributed by atoms with van der Waals surface area (Å²) < 4.78 is 37.3. The molecule has 1 fully saturated rings. The Balaban J connectivity index is 1.72. The van der Waals surface area contributed by atoms with Gasteiger partial charge in [-0.2, -0.15) is 0 Å². The van der Waals surface area contributed by atoms with Crippen molar-refractivity contribution < 1.29 is 23.4 Å². The number of fused-ring (bicyclic) bond motifs is 1. The van der Waals surface area contributed by atoms with Gasteiger partial charge in [0.2, 0.25) is 0 Å². The molecule has 0 saturated heterocycles. The number of halogens is 3. The van der Waals surface area contributed by atoms with Crippen LogP contribution in [0.2, 0.25) is 0 Å². The average molecular weight is 576 g/mol. The van der Waals surface area contributed by atoms with E-state index in [1.807, 2.05) is 23.8 Å². The maximum Gasteiger partial charge on any atom is 0.340 e. The monoisotopic (exact) mass is 575 g/mol. The smallest absolute Gasteiger partial charge is 0.340 e. The maximum atomic E-state index is 13.8. The number of nitrogens with zero attached hydrogens (tertiary/aromatic N) is 3. The van der Waals surface area contributed by atoms with E-state index in [2.05, 4.69) is 25.5 Å². The standard InChI is InChI=1S/C26H24BrF2N3O3S/c1-3-35-26(34)24-22(13-36-16-6-7-19(28)20(29)10-16)32(15-4-5-15)21-11-18(27)25(33)17(23(21)24)12-31-9-8-30-14(31)2/h6-11,15,33H,3-5,12-13H2,1-2H3. The Bertz CT molecular complexity index is 1480. The molecule has 2 aromatic heterocycles. The largest absolute Gasteiger partial charge is 0.506 e. The Morgan fingerprint density at radius 1 is 1.28 bits per heavy atom. The third-order valence-corrected chi connectivity index (χ3v) is 7.94. The van der Waals surface area contributed by atoms with E-state index < -0.39 is 17.6 Å². The number of carbonyl (C=O) groups excluding carboxylic acids is 1. The Morgan fingerprint density at radius 3 is 2.69 bits per heavy atom. The second-order valence-electron chi connectivity index (χ2n) is 8.69. The lowest BCUT2D eigenvalue weighted by molar-refractivity contribution is 0.0527. The van der Waals surface area contributed by atoms with Gasteiger partial charge in [0.05, 0.1) is 28.7 Å². The number of thioether (sulfide) groups is 1. The molecule has 1 aliphatic carbocycles. The van der Waals surface area contributed by atoms with Crippen molar-refractivity contribution in [3.8, 4) is 5.75 Å². The summed E-state index contributed by atoms with van der Waals surface area (Å²) in [5, 5.41) is 11.8. The van der Waals surface area contributed by atoms with Gasteiger partial charge in [-0.15, -0.1) is 11.8 Å². The first kappa shape index (κ1) is 24.8. The van der Waals surface area contributed by atoms with Crippen LogP contribution in [-0.2, 0) is 17.0 Å². The zero-order valence-electron chi connectivity index (χ0n) is 19.7. The van der Waals surface area contributed by atoms with Gasteiger partial charge in [0.25, 0.3) is 0 Å². The minimum absolute atomic E-state index is 0.0499. The number of phenolic OH excluding ortho intramolecular Hbond substituents is 1. The summed E-state index contributed by atoms with van der Waals surface area (Å²) in [7, 11) is 0. The lowest BCUT2D eigenvalue weighted by Gasteiger charge is -2.13. The molecule has 0 amide bonds. The summed E-state index contributed by atoms with van der Waals surface area (Å²) in [4.78, 5) is 18.2. The molecule has 0 spiro atoms. The molecule has 5 rings (SSSR count). The van der Waals surface area contributed by atoms with E-state index in [1.165, 1.54) is 17.8 Å². The maximum absolute atomic E-state index is 13.8. The van der Waals surface area contributed by atoms with Gasteiger partial charge in [0.15, 0.2) is 11.6 Å². The molecule has 2 heterocycles. The van der Waals surface area contributed by atoms with Gasteiger partial charge in [-0.25, -0.2) is 18.6 Å². The lowest BCUT2D eigenvalue weighted by atomic mass is 10.0. The number of imidazole rings is 1. The van der Waals surface area contributed by atoms with E-state index in [9.17, 15) is 18.7 Å². The number of aromatic nitrogens is 3. The molecule has 1 aliphatic rings. The number of aromatic hydroxyl groups is 1. The number of carbonyl (C=O) groups is 1. The molecular weight excluding hydrogens is 552 g/mol. The van der Waals surface area contributed by atoms with Crippen molar-refractivity contribution in [2.75, 3.05) is 6.61 Å². The molecule has 6 nitrogen and oxygen atoms in total. The van der Waals surface area contributed by atoms with Crippen LogP contribution >= 0.6 is 27.7 Å². The van der Waals surface area contributed by atoms with Crippen LogP contribution in [0.3, 0.4) is 0 Å². The van der Waals surface area contributed by atoms with Crippen LogP contribution in [0.25, 0.3) is 10.9 Å². The predicted molar refractivity (Wildman–Crippen MR) is 138 cm³/mol. The number of hydrogen-bond donors (Lipinski definition) is 1. The van der Waals surface area contributed by atoms with Crippen LogP contribution in [0.15, 0.2) is 46.0 Å². The van der Waals surface area contributed by atoms with Gasteiger partial charge in [0.1, 0.15) is 11.6 Å². The molecule has 188 valence electrons. The molecule has 36 heavy (non-hydrogen) atoms. The molecule has 10 heteroatoms. The molecule has 0 aliphatic heterocycles. The fraction of sp³-hybridized carbons (Fsp3) is 0.308. The van der Waals surface area contributed by atoms with Crippen molar-refractivity contribution in [3.63, 3.8) is 0 Å². The van der Waals surface area contributed by atoms with Crippen LogP contribution in [0, 0.1) is 18.6 Å². The summed E-state index contributed by atoms with van der Waals surface area (Å²) in [6.45, 7) is 4.13. The molecular formula is C26H24BrF2N3O3S. The van der Waals surface area contributed by atoms with Crippen LogP contribution < -0.4 is 0 Å². The Labute approximate surface area is 219 Å². The predicted octanol–water partition coefficient (Wildman–Crippen LogP) is 6.74. The van der Waals surface area contributed by atoms with Gasteiger partial charge in [0, 0.05) is 45.7 Å². The SMILES string of the molecule is CCOC(=O)c1c(CSc2ccc(F)c(F)c2)n(C2CC2)c2cc(Br)c(O)c(Cn3ccnc3C)c12. The molecule has 0 bridgehead atoms. The topological polar surface area (TPSA) is 69.3 Å². The average Bonchev–Trinajstić information content (AvgIpc) is 3.52. The Hall–Kier alpha value is -2.85. The first-order valence-electron chi connectivity index (χ1n) is 11.6. The molecule has 1 saturated carbocycles. The number of rotatable bonds is 8. The first-order valence-corrected chi connectivity index (χ1v) is 13.4. The summed E-state index contributed by atoms with van der Waals surface area (Å²) >= 11 is 4.82. The van der Waals surface area contributed by atoms with Crippen molar-refractivity contribution in [3.05, 3.63) is 75.4 Å². The summed E-state index contributed by atoms with van der Waals surface area (Å²) in [5.74, 6) is -1.14. The number of benzene rings is 2. The number of hydrogen-bond acceptors (Lipinski definition) is 5. The lowest BCUT2D eigenvalue weighted by Crippen LogP contribution is -2.10. The molecule has 4 aromatic rings. The van der Waals surface area contributed by atoms with E-state index in [0.29, 0.717) is 38.2 Å². The van der Waals surface area contributed by atoms with Crippen LogP contribution in [-0.4, -0.2) is 31.8 Å². The highest BCUT2D eigenvalue weighted by atomic mass is 79.9. The molecule has 1 N–H and O–H groups in total. The quantitative estimate of drug-likeness (QED) is 0.186. The summed E-state index contributed by atoms with van der Waals surface area (Å²) in [6.07, 6.45) is 5.43. The third-order valence-electron chi connectivity index (χ3n) is 6.33. The fourth-order valence-corrected chi connectivity index (χ4v) is 5.88. The second-order valence-corrected chi connectivity index (χ2v) is 10.6. The number of esters is 1. The van der Waals surface area contributed by atoms with Crippen LogP contribution in [0.5, 0.6) is 5.75 Å². The van der Waals surface area contributed by atoms with Crippen LogP contribution in [0.4, 0.5) is 8.78 Å². The van der Waals surface area contributed by atoms with E-state index in [0.717, 1.165) is 42.0 Å². The Morgan fingerprint density at radius 2 is 2.06 bits per heavy atom. The van der Waals surface area contributed by atoms with Gasteiger partial charge in [-0.05, 0) is 66.9 Å². The van der Waals surface area contributed by atoms with Crippen LogP contribution in [0.1, 0.15) is 53.2 Å². The van der Waals surface area contributed by atoms with E-state index in [4.69, 9.17) is 4.74 Å².